The number of phenolic OH excluding ortho intramolecular Hbond substituents is 1. The molecule has 556 valence electrons. The Morgan fingerprint density at radius 1 is 0.490 bits per heavy atom. The summed E-state index contributed by atoms with van der Waals surface area (Å²) in [6.07, 6.45) is 6.93. The zero-order valence-electron chi connectivity index (χ0n) is 63.4. The third-order valence-electron chi connectivity index (χ3n) is 20.4. The number of carboxylic acids is 1. The number of benzene rings is 3. The van der Waals surface area contributed by atoms with Crippen LogP contribution in [0.3, 0.4) is 0 Å². The molecule has 0 fully saturated rings. The van der Waals surface area contributed by atoms with Gasteiger partial charge in [-0.2, -0.15) is 10.2 Å². The molecule has 0 radical (unpaired) electrons. The Morgan fingerprint density at radius 2 is 0.856 bits per heavy atom. The molecule has 7 aromatic heterocycles. The molecular formula is C79H96Br4N10O11. The Kier molecular flexibility index (Phi) is 23.5. The number of carboxylic acid groups (broad SMARTS) is 1. The van der Waals surface area contributed by atoms with E-state index in [4.69, 9.17) is 33.7 Å². The number of hydrogen-bond donors (Lipinski definition) is 6. The predicted octanol–water partition coefficient (Wildman–Crippen LogP) is 20.8. The van der Waals surface area contributed by atoms with E-state index in [0.717, 1.165) is 87.0 Å². The van der Waals surface area contributed by atoms with Gasteiger partial charge in [-0.3, -0.25) is 25.0 Å². The number of aromatic hydroxyl groups is 1. The van der Waals surface area contributed by atoms with Gasteiger partial charge in [-0.25, -0.2) is 25.4 Å². The maximum atomic E-state index is 12.9. The van der Waals surface area contributed by atoms with Crippen molar-refractivity contribution < 1.29 is 52.1 Å². The zero-order valence-corrected chi connectivity index (χ0v) is 69.8. The summed E-state index contributed by atoms with van der Waals surface area (Å²) in [6, 6.07) is 21.1. The van der Waals surface area contributed by atoms with Crippen LogP contribution in [0, 0.1) is 48.5 Å². The Labute approximate surface area is 642 Å². The second-order valence-electron chi connectivity index (χ2n) is 31.2. The van der Waals surface area contributed by atoms with Gasteiger partial charge < -0.3 is 43.1 Å². The number of rotatable bonds is 10. The number of hydrazine groups is 2. The normalized spacial score (nSPS) is 15.9. The lowest BCUT2D eigenvalue weighted by atomic mass is 9.63. The molecule has 7 N–H and O–H groups in total. The number of phenols is 1. The van der Waals surface area contributed by atoms with E-state index < -0.39 is 17.8 Å². The minimum atomic E-state index is -1.12. The molecule has 0 saturated carbocycles. The number of nitrogens with zero attached hydrogens (tertiary/aromatic N) is 6. The van der Waals surface area contributed by atoms with Crippen LogP contribution < -0.4 is 31.6 Å². The van der Waals surface area contributed by atoms with E-state index in [0.29, 0.717) is 47.0 Å². The molecule has 0 saturated heterocycles. The molecule has 0 unspecified atom stereocenters. The largest absolute Gasteiger partial charge is 0.508 e. The van der Waals surface area contributed by atoms with Crippen molar-refractivity contribution in [3.8, 4) is 29.1 Å². The smallest absolute Gasteiger partial charge is 0.374 e. The summed E-state index contributed by atoms with van der Waals surface area (Å²) in [4.78, 5) is 43.7. The highest BCUT2D eigenvalue weighted by atomic mass is 79.9. The summed E-state index contributed by atoms with van der Waals surface area (Å²) in [5, 5.41) is 29.8. The lowest BCUT2D eigenvalue weighted by Gasteiger charge is -2.42. The first-order chi connectivity index (χ1) is 48.3. The van der Waals surface area contributed by atoms with Crippen LogP contribution in [0.5, 0.6) is 29.1 Å². The number of methoxy groups -OCH3 is 1. The minimum absolute atomic E-state index is 0.0529. The first kappa shape index (κ1) is 80.1. The summed E-state index contributed by atoms with van der Waals surface area (Å²) in [7, 11) is 5.02. The maximum absolute atomic E-state index is 12.9. The van der Waals surface area contributed by atoms with Crippen LogP contribution in [0.25, 0.3) is 22.1 Å². The number of amides is 1. The Bertz CT molecular complexity index is 4890. The molecule has 3 aliphatic carbocycles. The SMILES string of the molecule is COC(=O)c1cc(Br)c(Br)o1.Cc1cc(NN)nc2c1c(C)nn2C.Cc1cc2c(cc1O)C(C)(C)CCC2(C)C.Cc1cc2c(cc1Oc1oc(C(=O)NNc3cc(C)c4c(C)nn(C)c4n3)cc1Br)C(C)(C)CCC2(C)C.Cc1cc2c(cc1Oc1oc(C(=O)O)cc1Br)C(C)(C)CCC2(C)C. The fraction of sp³-hybridized carbons (Fsp3) is 0.430. The average molecular weight is 1680 g/mol. The van der Waals surface area contributed by atoms with Crippen LogP contribution in [0.4, 0.5) is 11.6 Å². The third-order valence-corrected chi connectivity index (χ3v) is 23.2. The number of ether oxygens (including phenoxy) is 3. The van der Waals surface area contributed by atoms with Gasteiger partial charge in [0.15, 0.2) is 21.7 Å². The van der Waals surface area contributed by atoms with Gasteiger partial charge in [0.05, 0.1) is 23.0 Å². The topological polar surface area (TPSA) is 282 Å². The summed E-state index contributed by atoms with van der Waals surface area (Å²) in [5.41, 5.74) is 25.6. The average Bonchev–Trinajstić information content (AvgIpc) is 1.28. The quantitative estimate of drug-likeness (QED) is 0.0421. The molecule has 3 aliphatic rings. The number of nitrogens with one attached hydrogen (secondary N) is 3. The number of pyridine rings is 2. The molecule has 0 bridgehead atoms. The summed E-state index contributed by atoms with van der Waals surface area (Å²) in [6.45, 7) is 41.4. The molecule has 0 spiro atoms. The van der Waals surface area contributed by atoms with E-state index in [-0.39, 0.29) is 61.7 Å². The number of anilines is 2. The second-order valence-corrected chi connectivity index (χ2v) is 34.5. The number of carbonyl (C=O) groups excluding carboxylic acids is 2. The number of halogens is 4. The van der Waals surface area contributed by atoms with E-state index in [2.05, 4.69) is 218 Å². The van der Waals surface area contributed by atoms with Crippen LogP contribution in [0.2, 0.25) is 0 Å². The monoisotopic (exact) mass is 1680 g/mol. The zero-order chi connectivity index (χ0) is 77.0. The highest BCUT2D eigenvalue weighted by molar-refractivity contribution is 9.13. The first-order valence-corrected chi connectivity index (χ1v) is 37.5. The van der Waals surface area contributed by atoms with Crippen LogP contribution in [0.15, 0.2) is 98.1 Å². The van der Waals surface area contributed by atoms with Crippen molar-refractivity contribution in [3.63, 3.8) is 0 Å². The standard InChI is InChI=1S/C29H34BrN5O3.C20H23BrO4.C15H22O.C9H13N5.C6H4Br2O3/c1-15-11-18-19(29(6,7)10-9-28(18,4)5)13-21(15)37-27-20(30)14-22(38-27)26(36)33-32-23-12-16(2)24-17(3)34-35(8)25(24)31-23;1-11-8-12-13(20(4,5)7-6-19(12,2)3)9-15(11)24-18-14(21)10-16(25-18)17(22)23;1-10-8-11-12(9-13(10)16)15(4,5)7-6-14(11,2)3;1-5-4-7(12-10)11-9-8(5)6(2)13-14(9)3;1-10-6(9)4-2-3(7)5(8)11-4/h11-14H,9-10H2,1-8H3,(H,31,32)(H,33,36);8-10H,6-7H2,1-5H3,(H,22,23);8-9,16H,6-7H2,1-5H3;4H,10H2,1-3H3,(H,11,12);2H,1H3. The molecule has 21 nitrogen and oxygen atoms in total. The van der Waals surface area contributed by atoms with Gasteiger partial charge in [0.25, 0.3) is 0 Å². The number of esters is 1. The molecule has 0 atom stereocenters. The number of nitrogens with two attached hydrogens (primary N) is 1. The van der Waals surface area contributed by atoms with Crippen LogP contribution >= 0.6 is 63.7 Å². The summed E-state index contributed by atoms with van der Waals surface area (Å²) < 4.78 is 38.4. The Hall–Kier alpha value is -7.97. The van der Waals surface area contributed by atoms with Crippen molar-refractivity contribution in [2.75, 3.05) is 18.0 Å². The van der Waals surface area contributed by atoms with E-state index in [1.807, 2.05) is 80.8 Å². The predicted molar refractivity (Wildman–Crippen MR) is 421 cm³/mol. The minimum Gasteiger partial charge on any atom is -0.508 e. The van der Waals surface area contributed by atoms with Crippen LogP contribution in [-0.2, 0) is 51.3 Å². The molecule has 0 aliphatic heterocycles. The number of furan rings is 3. The third kappa shape index (κ3) is 17.1. The van der Waals surface area contributed by atoms with Crippen molar-refractivity contribution in [3.05, 3.63) is 175 Å². The lowest BCUT2D eigenvalue weighted by Crippen LogP contribution is -2.33. The van der Waals surface area contributed by atoms with Crippen LogP contribution in [-0.4, -0.2) is 64.7 Å². The second kappa shape index (κ2) is 30.5. The molecule has 1 amide bonds. The number of fused-ring (bicyclic) bond motifs is 5. The van der Waals surface area contributed by atoms with Crippen molar-refractivity contribution in [2.45, 2.75) is 203 Å². The summed E-state index contributed by atoms with van der Waals surface area (Å²) >= 11 is 13.0. The van der Waals surface area contributed by atoms with E-state index in [1.165, 1.54) is 65.5 Å². The fourth-order valence-corrected chi connectivity index (χ4v) is 15.1. The van der Waals surface area contributed by atoms with E-state index in [9.17, 15) is 19.5 Å². The molecule has 3 aromatic carbocycles. The Balaban J connectivity index is 0.000000163. The van der Waals surface area contributed by atoms with E-state index >= 15 is 0 Å². The number of nitrogen functional groups attached to an aromatic ring is 1. The molecule has 7 heterocycles. The maximum Gasteiger partial charge on any atom is 0.374 e. The van der Waals surface area contributed by atoms with Gasteiger partial charge in [0, 0.05) is 43.1 Å². The number of carbonyl (C=O) groups is 3. The number of aromatic carboxylic acids is 1. The number of aryl methyl sites for hydroxylation is 9. The van der Waals surface area contributed by atoms with Gasteiger partial charge in [0.2, 0.25) is 11.5 Å². The molecular weight excluding hydrogens is 1580 g/mol. The first-order valence-electron chi connectivity index (χ1n) is 34.3. The van der Waals surface area contributed by atoms with Gasteiger partial charge in [-0.15, -0.1) is 0 Å². The highest BCUT2D eigenvalue weighted by Gasteiger charge is 2.41. The number of hydrogen-bond acceptors (Lipinski definition) is 17. The van der Waals surface area contributed by atoms with Crippen molar-refractivity contribution in [2.24, 2.45) is 19.9 Å². The van der Waals surface area contributed by atoms with E-state index in [1.54, 1.807) is 15.4 Å². The number of aromatic nitrogens is 6. The van der Waals surface area contributed by atoms with Crippen molar-refractivity contribution in [1.82, 2.24) is 35.0 Å². The molecule has 25 heteroatoms. The molecule has 104 heavy (non-hydrogen) atoms. The van der Waals surface area contributed by atoms with Crippen LogP contribution in [0.1, 0.15) is 226 Å². The van der Waals surface area contributed by atoms with Gasteiger partial charge in [-0.05, 0) is 275 Å². The molecule has 13 rings (SSSR count). The lowest BCUT2D eigenvalue weighted by molar-refractivity contribution is 0.0562. The van der Waals surface area contributed by atoms with Crippen molar-refractivity contribution in [1.29, 1.82) is 0 Å². The molecule has 10 aromatic rings. The van der Waals surface area contributed by atoms with Gasteiger partial charge >= 0.3 is 29.7 Å². The summed E-state index contributed by atoms with van der Waals surface area (Å²) in [5.74, 6) is 6.78. The highest BCUT2D eigenvalue weighted by Crippen LogP contribution is 2.52. The fourth-order valence-electron chi connectivity index (χ4n) is 13.8. The van der Waals surface area contributed by atoms with Crippen molar-refractivity contribution >= 4 is 115 Å². The van der Waals surface area contributed by atoms with Gasteiger partial charge in [0.1, 0.15) is 37.8 Å². The van der Waals surface area contributed by atoms with Gasteiger partial charge in [-0.1, -0.05) is 101 Å². The Morgan fingerprint density at radius 3 is 1.24 bits per heavy atom.